The molecule has 0 bridgehead atoms. The van der Waals surface area contributed by atoms with E-state index in [1.165, 1.54) is 0 Å². The minimum Gasteiger partial charge on any atom is -0.458 e. The Balaban J connectivity index is 2.55. The Morgan fingerprint density at radius 1 is 1.62 bits per heavy atom. The first-order valence-electron chi connectivity index (χ1n) is 6.02. The lowest BCUT2D eigenvalue weighted by Gasteiger charge is -2.32. The molecule has 2 nitrogen and oxygen atoms in total. The highest BCUT2D eigenvalue weighted by Crippen LogP contribution is 2.31. The third-order valence-electron chi connectivity index (χ3n) is 3.15. The van der Waals surface area contributed by atoms with Crippen LogP contribution in [-0.4, -0.2) is 12.1 Å². The molecule has 0 amide bonds. The van der Waals surface area contributed by atoms with Crippen LogP contribution in [-0.2, 0) is 9.53 Å². The molecule has 0 N–H and O–H groups in total. The van der Waals surface area contributed by atoms with Crippen LogP contribution in [0, 0.1) is 11.8 Å². The van der Waals surface area contributed by atoms with Gasteiger partial charge in [-0.2, -0.15) is 0 Å². The van der Waals surface area contributed by atoms with Crippen LogP contribution in [0.3, 0.4) is 0 Å². The van der Waals surface area contributed by atoms with Gasteiger partial charge in [0.15, 0.2) is 0 Å². The number of carbonyl (C=O) groups is 1. The molecule has 16 heavy (non-hydrogen) atoms. The van der Waals surface area contributed by atoms with Crippen molar-refractivity contribution in [3.8, 4) is 0 Å². The van der Waals surface area contributed by atoms with E-state index in [9.17, 15) is 4.79 Å². The Hall–Kier alpha value is -1.05. The predicted molar refractivity (Wildman–Crippen MR) is 66.0 cm³/mol. The van der Waals surface area contributed by atoms with Crippen molar-refractivity contribution in [1.29, 1.82) is 0 Å². The van der Waals surface area contributed by atoms with Gasteiger partial charge < -0.3 is 4.74 Å². The summed E-state index contributed by atoms with van der Waals surface area (Å²) in [5, 5.41) is 0. The normalized spacial score (nSPS) is 30.4. The molecule has 0 aliphatic carbocycles. The highest BCUT2D eigenvalue weighted by molar-refractivity contribution is 5.74. The summed E-state index contributed by atoms with van der Waals surface area (Å²) >= 11 is 0. The van der Waals surface area contributed by atoms with Crippen molar-refractivity contribution in [2.24, 2.45) is 11.8 Å². The van der Waals surface area contributed by atoms with Crippen LogP contribution in [0.5, 0.6) is 0 Å². The second-order valence-electron chi connectivity index (χ2n) is 4.82. The van der Waals surface area contributed by atoms with Crippen molar-refractivity contribution < 1.29 is 9.53 Å². The number of carbonyl (C=O) groups excluding carboxylic acids is 1. The van der Waals surface area contributed by atoms with Gasteiger partial charge in [-0.05, 0) is 45.1 Å². The van der Waals surface area contributed by atoms with E-state index in [4.69, 9.17) is 4.74 Å². The van der Waals surface area contributed by atoms with Crippen LogP contribution in [0.15, 0.2) is 24.3 Å². The van der Waals surface area contributed by atoms with Gasteiger partial charge in [0, 0.05) is 0 Å². The van der Waals surface area contributed by atoms with E-state index in [-0.39, 0.29) is 18.0 Å². The molecule has 0 spiro atoms. The first-order valence-corrected chi connectivity index (χ1v) is 6.02. The van der Waals surface area contributed by atoms with Crippen LogP contribution >= 0.6 is 0 Å². The molecule has 1 aliphatic rings. The van der Waals surface area contributed by atoms with Gasteiger partial charge in [-0.1, -0.05) is 18.6 Å². The van der Waals surface area contributed by atoms with Crippen LogP contribution in [0.2, 0.25) is 0 Å². The molecule has 1 fully saturated rings. The third-order valence-corrected chi connectivity index (χ3v) is 3.15. The Kier molecular flexibility index (Phi) is 4.78. The topological polar surface area (TPSA) is 26.3 Å². The van der Waals surface area contributed by atoms with Gasteiger partial charge in [-0.3, -0.25) is 4.79 Å². The van der Waals surface area contributed by atoms with E-state index in [0.29, 0.717) is 5.92 Å². The molecule has 0 aromatic carbocycles. The smallest absolute Gasteiger partial charge is 0.309 e. The number of rotatable bonds is 4. The summed E-state index contributed by atoms with van der Waals surface area (Å²) in [6.07, 6.45) is 6.61. The molecular weight excluding hydrogens is 200 g/mol. The predicted octanol–water partition coefficient (Wildman–Crippen LogP) is 3.49. The third kappa shape index (κ3) is 3.51. The highest BCUT2D eigenvalue weighted by Gasteiger charge is 2.34. The Morgan fingerprint density at radius 3 is 2.81 bits per heavy atom. The lowest BCUT2D eigenvalue weighted by Crippen LogP contribution is -2.35. The second-order valence-corrected chi connectivity index (χ2v) is 4.82. The average Bonchev–Trinajstić information content (AvgIpc) is 2.16. The molecule has 0 radical (unpaired) electrons. The molecule has 90 valence electrons. The molecular formula is C14H22O2. The maximum absolute atomic E-state index is 11.8. The molecule has 0 saturated carbocycles. The largest absolute Gasteiger partial charge is 0.458 e. The molecule has 1 saturated heterocycles. The van der Waals surface area contributed by atoms with Gasteiger partial charge in [0.25, 0.3) is 0 Å². The molecule has 3 atom stereocenters. The molecule has 0 unspecified atom stereocenters. The number of hydrogen-bond acceptors (Lipinski definition) is 2. The van der Waals surface area contributed by atoms with Crippen molar-refractivity contribution in [1.82, 2.24) is 0 Å². The fraction of sp³-hybridized carbons (Fsp3) is 0.643. The summed E-state index contributed by atoms with van der Waals surface area (Å²) in [6.45, 7) is 9.96. The van der Waals surface area contributed by atoms with E-state index in [1.807, 2.05) is 26.0 Å². The maximum Gasteiger partial charge on any atom is 0.309 e. The van der Waals surface area contributed by atoms with Gasteiger partial charge in [0.1, 0.15) is 6.10 Å². The number of hydrogen-bond donors (Lipinski definition) is 0. The first kappa shape index (κ1) is 13.0. The summed E-state index contributed by atoms with van der Waals surface area (Å²) in [7, 11) is 0. The number of allylic oxidation sites excluding steroid dienone is 2. The molecule has 1 aliphatic heterocycles. The number of ether oxygens (including phenoxy) is 1. The Bertz CT molecular complexity index is 291. The summed E-state index contributed by atoms with van der Waals surface area (Å²) in [5.41, 5.74) is 1.13. The van der Waals surface area contributed by atoms with Crippen molar-refractivity contribution in [2.45, 2.75) is 46.1 Å². The van der Waals surface area contributed by atoms with Crippen LogP contribution < -0.4 is 0 Å². The minimum atomic E-state index is -0.0388. The average molecular weight is 222 g/mol. The number of cyclic esters (lactones) is 1. The summed E-state index contributed by atoms with van der Waals surface area (Å²) in [6, 6.07) is 0. The van der Waals surface area contributed by atoms with E-state index < -0.39 is 0 Å². The van der Waals surface area contributed by atoms with Crippen molar-refractivity contribution in [2.75, 3.05) is 0 Å². The molecule has 1 rings (SSSR count). The molecule has 1 heterocycles. The zero-order chi connectivity index (χ0) is 12.1. The van der Waals surface area contributed by atoms with E-state index in [2.05, 4.69) is 13.5 Å². The highest BCUT2D eigenvalue weighted by atomic mass is 16.5. The molecule has 0 aromatic heterocycles. The fourth-order valence-corrected chi connectivity index (χ4v) is 2.18. The van der Waals surface area contributed by atoms with Crippen molar-refractivity contribution >= 4 is 5.97 Å². The van der Waals surface area contributed by atoms with Crippen LogP contribution in [0.4, 0.5) is 0 Å². The van der Waals surface area contributed by atoms with Crippen LogP contribution in [0.25, 0.3) is 0 Å². The van der Waals surface area contributed by atoms with E-state index in [0.717, 1.165) is 24.8 Å². The summed E-state index contributed by atoms with van der Waals surface area (Å²) in [5.74, 6) is 0.420. The maximum atomic E-state index is 11.8. The lowest BCUT2D eigenvalue weighted by atomic mass is 9.83. The Morgan fingerprint density at radius 2 is 2.31 bits per heavy atom. The van der Waals surface area contributed by atoms with Crippen molar-refractivity contribution in [3.05, 3.63) is 24.3 Å². The van der Waals surface area contributed by atoms with Gasteiger partial charge in [0.2, 0.25) is 0 Å². The van der Waals surface area contributed by atoms with Gasteiger partial charge >= 0.3 is 5.97 Å². The van der Waals surface area contributed by atoms with E-state index in [1.54, 1.807) is 0 Å². The standard InChI is InChI=1S/C14H22O2/c1-5-6-12-9-11(4)13(14(15)16-12)8-7-10(2)3/h5-6,11-13H,2,7-9H2,1,3-4H3/b6-5+/t11-,12-,13+/m0/s1. The quantitative estimate of drug-likeness (QED) is 0.537. The van der Waals surface area contributed by atoms with Crippen molar-refractivity contribution in [3.63, 3.8) is 0 Å². The number of esters is 1. The van der Waals surface area contributed by atoms with Gasteiger partial charge in [0.05, 0.1) is 5.92 Å². The minimum absolute atomic E-state index is 0.0198. The zero-order valence-corrected chi connectivity index (χ0v) is 10.5. The fourth-order valence-electron chi connectivity index (χ4n) is 2.18. The molecule has 2 heteroatoms. The van der Waals surface area contributed by atoms with Gasteiger partial charge in [-0.15, -0.1) is 6.58 Å². The first-order chi connectivity index (χ1) is 7.54. The monoisotopic (exact) mass is 222 g/mol. The summed E-state index contributed by atoms with van der Waals surface area (Å²) < 4.78 is 5.39. The SMILES string of the molecule is C=C(C)CC[C@H]1C(=O)O[C@@H](/C=C/C)C[C@@H]1C. The van der Waals surface area contributed by atoms with Gasteiger partial charge in [-0.25, -0.2) is 0 Å². The van der Waals surface area contributed by atoms with E-state index >= 15 is 0 Å². The Labute approximate surface area is 98.4 Å². The molecule has 0 aromatic rings. The zero-order valence-electron chi connectivity index (χ0n) is 10.5. The lowest BCUT2D eigenvalue weighted by molar-refractivity contribution is -0.161. The second kappa shape index (κ2) is 5.88. The van der Waals surface area contributed by atoms with Crippen LogP contribution in [0.1, 0.15) is 40.0 Å². The summed E-state index contributed by atoms with van der Waals surface area (Å²) in [4.78, 5) is 11.8.